The zero-order valence-corrected chi connectivity index (χ0v) is 10.2. The highest BCUT2D eigenvalue weighted by Gasteiger charge is 2.08. The lowest BCUT2D eigenvalue weighted by atomic mass is 10.1. The first-order valence-electron chi connectivity index (χ1n) is 5.07. The molecule has 1 aromatic rings. The molecule has 4 heteroatoms. The Morgan fingerprint density at radius 1 is 1.38 bits per heavy atom. The molecule has 0 fully saturated rings. The van der Waals surface area contributed by atoms with Crippen molar-refractivity contribution in [2.45, 2.75) is 26.4 Å². The van der Waals surface area contributed by atoms with Crippen molar-refractivity contribution in [1.29, 1.82) is 0 Å². The molecule has 0 aromatic heterocycles. The average molecular weight is 237 g/mol. The fourth-order valence-corrected chi connectivity index (χ4v) is 1.41. The van der Waals surface area contributed by atoms with E-state index in [9.17, 15) is 4.79 Å². The first-order valence-corrected chi connectivity index (χ1v) is 5.48. The molecule has 0 aliphatic carbocycles. The smallest absolute Gasteiger partial charge is 0.338 e. The Labute approximate surface area is 101 Å². The number of carbonyl (C=O) groups is 1. The lowest BCUT2D eigenvalue weighted by Crippen LogP contribution is -2.13. The number of hydrogen-bond acceptors (Lipinski definition) is 3. The largest absolute Gasteiger partial charge is 0.459 e. The summed E-state index contributed by atoms with van der Waals surface area (Å²) in [6.07, 6.45) is 0.443. The van der Waals surface area contributed by atoms with Crippen molar-refractivity contribution >= 4 is 23.2 Å². The number of carbonyl (C=O) groups excluding carboxylic acids is 1. The summed E-state index contributed by atoms with van der Waals surface area (Å²) in [6, 6.07) is 7.10. The fourth-order valence-electron chi connectivity index (χ4n) is 1.24. The summed E-state index contributed by atoms with van der Waals surface area (Å²) in [4.78, 5) is 12.0. The van der Waals surface area contributed by atoms with E-state index in [0.717, 1.165) is 5.56 Å². The second-order valence-electron chi connectivity index (χ2n) is 3.79. The van der Waals surface area contributed by atoms with Crippen LogP contribution in [0.15, 0.2) is 24.3 Å². The van der Waals surface area contributed by atoms with Gasteiger partial charge in [0, 0.05) is 6.42 Å². The molecule has 0 saturated heterocycles. The van der Waals surface area contributed by atoms with Gasteiger partial charge in [-0.2, -0.15) is 0 Å². The van der Waals surface area contributed by atoms with Crippen LogP contribution in [-0.2, 0) is 11.2 Å². The molecule has 0 saturated carbocycles. The zero-order valence-electron chi connectivity index (χ0n) is 9.40. The minimum Gasteiger partial charge on any atom is -0.459 e. The van der Waals surface area contributed by atoms with E-state index in [2.05, 4.69) is 0 Å². The zero-order chi connectivity index (χ0) is 12.1. The summed E-state index contributed by atoms with van der Waals surface area (Å²) in [5.74, 6) is -0.308. The summed E-state index contributed by atoms with van der Waals surface area (Å²) in [5.41, 5.74) is 6.96. The third kappa shape index (κ3) is 3.98. The number of nitrogens with two attached hydrogens (primary N) is 1. The van der Waals surface area contributed by atoms with Crippen molar-refractivity contribution in [3.05, 3.63) is 35.4 Å². The van der Waals surface area contributed by atoms with E-state index >= 15 is 0 Å². The number of rotatable bonds is 4. The van der Waals surface area contributed by atoms with Gasteiger partial charge in [-0.15, -0.1) is 0 Å². The molecule has 2 N–H and O–H groups in total. The summed E-state index contributed by atoms with van der Waals surface area (Å²) in [5, 5.41) is 0. The van der Waals surface area contributed by atoms with E-state index < -0.39 is 0 Å². The van der Waals surface area contributed by atoms with Crippen LogP contribution in [0.3, 0.4) is 0 Å². The van der Waals surface area contributed by atoms with Crippen LogP contribution in [0.4, 0.5) is 0 Å². The van der Waals surface area contributed by atoms with Gasteiger partial charge in [0.15, 0.2) is 0 Å². The van der Waals surface area contributed by atoms with Gasteiger partial charge in [0.1, 0.15) is 0 Å². The van der Waals surface area contributed by atoms with E-state index in [1.54, 1.807) is 12.1 Å². The summed E-state index contributed by atoms with van der Waals surface area (Å²) < 4.78 is 5.07. The van der Waals surface area contributed by atoms with E-state index in [1.165, 1.54) is 0 Å². The van der Waals surface area contributed by atoms with Crippen LogP contribution in [-0.4, -0.2) is 17.1 Å². The SMILES string of the molecule is CC(C)OC(=O)c1ccc(CC(N)=S)cc1. The van der Waals surface area contributed by atoms with Crippen LogP contribution in [0.25, 0.3) is 0 Å². The minimum atomic E-state index is -0.308. The highest BCUT2D eigenvalue weighted by molar-refractivity contribution is 7.80. The van der Waals surface area contributed by atoms with Crippen molar-refractivity contribution in [1.82, 2.24) is 0 Å². The molecule has 1 aromatic carbocycles. The van der Waals surface area contributed by atoms with Gasteiger partial charge in [-0.25, -0.2) is 4.79 Å². The molecule has 1 rings (SSSR count). The van der Waals surface area contributed by atoms with E-state index in [1.807, 2.05) is 26.0 Å². The van der Waals surface area contributed by atoms with Gasteiger partial charge in [0.25, 0.3) is 0 Å². The maximum absolute atomic E-state index is 11.5. The number of hydrogen-bond donors (Lipinski definition) is 1. The lowest BCUT2D eigenvalue weighted by molar-refractivity contribution is 0.0378. The maximum Gasteiger partial charge on any atom is 0.338 e. The molecule has 0 aliphatic heterocycles. The highest BCUT2D eigenvalue weighted by Crippen LogP contribution is 2.08. The molecule has 3 nitrogen and oxygen atoms in total. The van der Waals surface area contributed by atoms with Crippen molar-refractivity contribution in [3.63, 3.8) is 0 Å². The number of esters is 1. The molecule has 86 valence electrons. The van der Waals surface area contributed by atoms with Crippen molar-refractivity contribution in [2.24, 2.45) is 5.73 Å². The van der Waals surface area contributed by atoms with Gasteiger partial charge in [-0.05, 0) is 31.5 Å². The predicted molar refractivity (Wildman–Crippen MR) is 67.5 cm³/mol. The standard InChI is InChI=1S/C12H15NO2S/c1-8(2)15-12(14)10-5-3-9(4-6-10)7-11(13)16/h3-6,8H,7H2,1-2H3,(H2,13,16). The van der Waals surface area contributed by atoms with Gasteiger partial charge >= 0.3 is 5.97 Å². The van der Waals surface area contributed by atoms with Gasteiger partial charge in [-0.3, -0.25) is 0 Å². The van der Waals surface area contributed by atoms with E-state index in [4.69, 9.17) is 22.7 Å². The quantitative estimate of drug-likeness (QED) is 0.643. The molecule has 0 bridgehead atoms. The molecule has 0 amide bonds. The molecule has 0 radical (unpaired) electrons. The Balaban J connectivity index is 2.71. The van der Waals surface area contributed by atoms with Crippen LogP contribution in [0.2, 0.25) is 0 Å². The first kappa shape index (κ1) is 12.6. The van der Waals surface area contributed by atoms with E-state index in [0.29, 0.717) is 17.0 Å². The van der Waals surface area contributed by atoms with Gasteiger partial charge < -0.3 is 10.5 Å². The van der Waals surface area contributed by atoms with Crippen LogP contribution in [0.5, 0.6) is 0 Å². The van der Waals surface area contributed by atoms with Crippen molar-refractivity contribution in [2.75, 3.05) is 0 Å². The molecular weight excluding hydrogens is 222 g/mol. The van der Waals surface area contributed by atoms with Gasteiger partial charge in [0.2, 0.25) is 0 Å². The molecule has 0 atom stereocenters. The molecule has 0 heterocycles. The second-order valence-corrected chi connectivity index (χ2v) is 4.32. The van der Waals surface area contributed by atoms with Crippen LogP contribution in [0, 0.1) is 0 Å². The third-order valence-electron chi connectivity index (χ3n) is 1.91. The predicted octanol–water partition coefficient (Wildman–Crippen LogP) is 2.08. The number of benzene rings is 1. The van der Waals surface area contributed by atoms with Crippen LogP contribution >= 0.6 is 12.2 Å². The van der Waals surface area contributed by atoms with Gasteiger partial charge in [-0.1, -0.05) is 24.4 Å². The molecule has 0 spiro atoms. The topological polar surface area (TPSA) is 52.3 Å². The third-order valence-corrected chi connectivity index (χ3v) is 2.06. The van der Waals surface area contributed by atoms with Crippen LogP contribution in [0.1, 0.15) is 29.8 Å². The number of ether oxygens (including phenoxy) is 1. The molecular formula is C12H15NO2S. The average Bonchev–Trinajstić information content (AvgIpc) is 2.16. The van der Waals surface area contributed by atoms with Crippen LogP contribution < -0.4 is 5.73 Å². The summed E-state index contributed by atoms with van der Waals surface area (Å²) in [6.45, 7) is 3.64. The Morgan fingerprint density at radius 3 is 2.38 bits per heavy atom. The normalized spacial score (nSPS) is 10.2. The monoisotopic (exact) mass is 237 g/mol. The minimum absolute atomic E-state index is 0.108. The van der Waals surface area contributed by atoms with Gasteiger partial charge in [0.05, 0.1) is 16.7 Å². The molecule has 0 unspecified atom stereocenters. The van der Waals surface area contributed by atoms with Crippen molar-refractivity contribution < 1.29 is 9.53 Å². The summed E-state index contributed by atoms with van der Waals surface area (Å²) >= 11 is 4.81. The van der Waals surface area contributed by atoms with E-state index in [-0.39, 0.29) is 12.1 Å². The highest BCUT2D eigenvalue weighted by atomic mass is 32.1. The first-order chi connectivity index (χ1) is 7.49. The van der Waals surface area contributed by atoms with Crippen molar-refractivity contribution in [3.8, 4) is 0 Å². The fraction of sp³-hybridized carbons (Fsp3) is 0.333. The Bertz CT molecular complexity index is 385. The Morgan fingerprint density at radius 2 is 1.94 bits per heavy atom. The number of thiocarbonyl (C=S) groups is 1. The Hall–Kier alpha value is -1.42. The second kappa shape index (κ2) is 5.61. The lowest BCUT2D eigenvalue weighted by Gasteiger charge is -2.08. The summed E-state index contributed by atoms with van der Waals surface area (Å²) in [7, 11) is 0. The molecule has 16 heavy (non-hydrogen) atoms. The Kier molecular flexibility index (Phi) is 4.43. The maximum atomic E-state index is 11.5. The molecule has 0 aliphatic rings.